The Bertz CT molecular complexity index is 1100. The number of fused-ring (bicyclic) bond motifs is 1. The first-order valence-corrected chi connectivity index (χ1v) is 10.4. The Morgan fingerprint density at radius 3 is 2.57 bits per heavy atom. The molecule has 0 unspecified atom stereocenters. The Morgan fingerprint density at radius 2 is 1.80 bits per heavy atom. The van der Waals surface area contributed by atoms with E-state index < -0.39 is 0 Å². The fourth-order valence-corrected chi connectivity index (χ4v) is 4.32. The summed E-state index contributed by atoms with van der Waals surface area (Å²) in [6.45, 7) is 3.49. The van der Waals surface area contributed by atoms with Gasteiger partial charge in [-0.1, -0.05) is 0 Å². The summed E-state index contributed by atoms with van der Waals surface area (Å²) >= 11 is 0. The van der Waals surface area contributed by atoms with Gasteiger partial charge in [0.2, 0.25) is 0 Å². The van der Waals surface area contributed by atoms with Crippen LogP contribution in [0.15, 0.2) is 42.7 Å². The number of rotatable bonds is 4. The van der Waals surface area contributed by atoms with Crippen molar-refractivity contribution in [2.24, 2.45) is 5.92 Å². The number of hydrogen-bond donors (Lipinski definition) is 0. The highest BCUT2D eigenvalue weighted by Crippen LogP contribution is 2.35. The maximum Gasteiger partial charge on any atom is 0.150 e. The molecule has 0 saturated carbocycles. The van der Waals surface area contributed by atoms with Crippen molar-refractivity contribution < 1.29 is 4.74 Å². The van der Waals surface area contributed by atoms with Gasteiger partial charge in [-0.25, -0.2) is 9.97 Å². The minimum Gasteiger partial charge on any atom is -0.497 e. The third-order valence-corrected chi connectivity index (χ3v) is 6.16. The van der Waals surface area contributed by atoms with Crippen molar-refractivity contribution in [3.8, 4) is 11.8 Å². The Balaban J connectivity index is 1.32. The van der Waals surface area contributed by atoms with Gasteiger partial charge in [0.25, 0.3) is 0 Å². The van der Waals surface area contributed by atoms with Crippen LogP contribution in [0.2, 0.25) is 0 Å². The molecule has 0 aliphatic carbocycles. The van der Waals surface area contributed by atoms with Gasteiger partial charge in [-0.05, 0) is 37.1 Å². The van der Waals surface area contributed by atoms with Crippen molar-refractivity contribution >= 4 is 22.5 Å². The molecule has 0 N–H and O–H groups in total. The predicted molar refractivity (Wildman–Crippen MR) is 116 cm³/mol. The summed E-state index contributed by atoms with van der Waals surface area (Å²) in [5, 5.41) is 10.3. The van der Waals surface area contributed by atoms with Gasteiger partial charge in [-0.3, -0.25) is 4.98 Å². The van der Waals surface area contributed by atoms with E-state index in [1.807, 2.05) is 18.2 Å². The highest BCUT2D eigenvalue weighted by Gasteiger charge is 2.34. The lowest BCUT2D eigenvalue weighted by Gasteiger charge is -2.41. The third kappa shape index (κ3) is 3.39. The highest BCUT2D eigenvalue weighted by molar-refractivity contribution is 5.82. The monoisotopic (exact) mass is 400 g/mol. The van der Waals surface area contributed by atoms with Crippen molar-refractivity contribution in [1.29, 1.82) is 5.26 Å². The number of benzene rings is 1. The molecule has 0 amide bonds. The highest BCUT2D eigenvalue weighted by atomic mass is 16.5. The lowest BCUT2D eigenvalue weighted by molar-refractivity contribution is 0.415. The van der Waals surface area contributed by atoms with Crippen LogP contribution in [0, 0.1) is 17.2 Å². The number of hydrogen-bond acceptors (Lipinski definition) is 7. The Kier molecular flexibility index (Phi) is 4.83. The van der Waals surface area contributed by atoms with Crippen molar-refractivity contribution in [3.63, 3.8) is 0 Å². The molecule has 0 radical (unpaired) electrons. The summed E-state index contributed by atoms with van der Waals surface area (Å²) in [7, 11) is 1.67. The summed E-state index contributed by atoms with van der Waals surface area (Å²) in [6.07, 6.45) is 5.34. The molecular formula is C23H24N6O. The SMILES string of the molecule is COc1ccc2ccc(N3CC(c4nccnc4N4CCC(C#N)CC4)C3)nc2c1. The van der Waals surface area contributed by atoms with E-state index in [1.165, 1.54) is 0 Å². The van der Waals surface area contributed by atoms with Crippen LogP contribution in [0.4, 0.5) is 11.6 Å². The van der Waals surface area contributed by atoms with E-state index in [9.17, 15) is 0 Å². The minimum absolute atomic E-state index is 0.165. The lowest BCUT2D eigenvalue weighted by atomic mass is 9.94. The van der Waals surface area contributed by atoms with E-state index in [1.54, 1.807) is 19.5 Å². The fraction of sp³-hybridized carbons (Fsp3) is 0.391. The van der Waals surface area contributed by atoms with Crippen molar-refractivity contribution in [3.05, 3.63) is 48.4 Å². The number of methoxy groups -OCH3 is 1. The maximum atomic E-state index is 9.16. The second-order valence-electron chi connectivity index (χ2n) is 7.99. The Hall–Kier alpha value is -3.40. The van der Waals surface area contributed by atoms with E-state index in [0.29, 0.717) is 5.92 Å². The first-order chi connectivity index (χ1) is 14.7. The summed E-state index contributed by atoms with van der Waals surface area (Å²) in [6, 6.07) is 12.5. The topological polar surface area (TPSA) is 78.2 Å². The van der Waals surface area contributed by atoms with Gasteiger partial charge < -0.3 is 14.5 Å². The number of anilines is 2. The van der Waals surface area contributed by atoms with E-state index in [-0.39, 0.29) is 5.92 Å². The maximum absolute atomic E-state index is 9.16. The predicted octanol–water partition coefficient (Wildman–Crippen LogP) is 3.38. The second kappa shape index (κ2) is 7.79. The van der Waals surface area contributed by atoms with Crippen molar-refractivity contribution in [1.82, 2.24) is 15.0 Å². The summed E-state index contributed by atoms with van der Waals surface area (Å²) in [4.78, 5) is 18.7. The molecule has 0 bridgehead atoms. The minimum atomic E-state index is 0.165. The second-order valence-corrected chi connectivity index (χ2v) is 7.99. The Labute approximate surface area is 175 Å². The molecule has 2 aliphatic rings. The van der Waals surface area contributed by atoms with Crippen molar-refractivity contribution in [2.75, 3.05) is 43.1 Å². The molecule has 5 rings (SSSR count). The molecule has 7 heteroatoms. The van der Waals surface area contributed by atoms with Gasteiger partial charge in [0, 0.05) is 61.9 Å². The van der Waals surface area contributed by atoms with Gasteiger partial charge in [-0.15, -0.1) is 0 Å². The summed E-state index contributed by atoms with van der Waals surface area (Å²) < 4.78 is 5.33. The van der Waals surface area contributed by atoms with Crippen LogP contribution in [-0.2, 0) is 0 Å². The number of aromatic nitrogens is 3. The van der Waals surface area contributed by atoms with E-state index in [0.717, 1.165) is 73.0 Å². The zero-order chi connectivity index (χ0) is 20.5. The van der Waals surface area contributed by atoms with Gasteiger partial charge in [0.15, 0.2) is 5.82 Å². The van der Waals surface area contributed by atoms with E-state index in [4.69, 9.17) is 15.0 Å². The molecule has 7 nitrogen and oxygen atoms in total. The van der Waals surface area contributed by atoms with Crippen LogP contribution in [0.25, 0.3) is 10.9 Å². The number of ether oxygens (including phenoxy) is 1. The van der Waals surface area contributed by atoms with E-state index in [2.05, 4.69) is 38.0 Å². The first kappa shape index (κ1) is 18.6. The molecule has 4 heterocycles. The quantitative estimate of drug-likeness (QED) is 0.664. The molecule has 30 heavy (non-hydrogen) atoms. The van der Waals surface area contributed by atoms with Gasteiger partial charge in [0.05, 0.1) is 24.4 Å². The fourth-order valence-electron chi connectivity index (χ4n) is 4.32. The number of nitriles is 1. The van der Waals surface area contributed by atoms with E-state index >= 15 is 0 Å². The van der Waals surface area contributed by atoms with Gasteiger partial charge in [-0.2, -0.15) is 5.26 Å². The third-order valence-electron chi connectivity index (χ3n) is 6.16. The molecule has 152 valence electrons. The summed E-state index contributed by atoms with van der Waals surface area (Å²) in [5.41, 5.74) is 2.00. The van der Waals surface area contributed by atoms with Crippen LogP contribution in [0.3, 0.4) is 0 Å². The van der Waals surface area contributed by atoms with Crippen LogP contribution in [0.5, 0.6) is 5.75 Å². The molecule has 2 aliphatic heterocycles. The number of nitrogens with zero attached hydrogens (tertiary/aromatic N) is 6. The largest absolute Gasteiger partial charge is 0.497 e. The average molecular weight is 400 g/mol. The normalized spacial score (nSPS) is 17.6. The molecule has 1 aromatic carbocycles. The molecule has 3 aromatic rings. The zero-order valence-electron chi connectivity index (χ0n) is 17.0. The summed E-state index contributed by atoms with van der Waals surface area (Å²) in [5.74, 6) is 3.28. The standard InChI is InChI=1S/C23H24N6O/c1-30-19-4-2-17-3-5-21(27-20(17)12-19)29-14-18(15-29)22-23(26-9-8-25-22)28-10-6-16(13-24)7-11-28/h2-5,8-9,12,16,18H,6-7,10-11,14-15H2,1H3. The molecule has 0 spiro atoms. The van der Waals surface area contributed by atoms with Crippen LogP contribution in [0.1, 0.15) is 24.5 Å². The molecule has 2 aromatic heterocycles. The van der Waals surface area contributed by atoms with Crippen LogP contribution >= 0.6 is 0 Å². The molecule has 0 atom stereocenters. The number of pyridine rings is 1. The zero-order valence-corrected chi connectivity index (χ0v) is 17.0. The van der Waals surface area contributed by atoms with Crippen LogP contribution < -0.4 is 14.5 Å². The number of piperidine rings is 1. The molecule has 2 saturated heterocycles. The van der Waals surface area contributed by atoms with Crippen LogP contribution in [-0.4, -0.2) is 48.2 Å². The van der Waals surface area contributed by atoms with Gasteiger partial charge >= 0.3 is 0 Å². The molecule has 2 fully saturated rings. The molecular weight excluding hydrogens is 376 g/mol. The average Bonchev–Trinajstić information content (AvgIpc) is 2.78. The lowest BCUT2D eigenvalue weighted by Crippen LogP contribution is -2.47. The Morgan fingerprint density at radius 1 is 1.03 bits per heavy atom. The first-order valence-electron chi connectivity index (χ1n) is 10.4. The van der Waals surface area contributed by atoms with Crippen molar-refractivity contribution in [2.45, 2.75) is 18.8 Å². The smallest absolute Gasteiger partial charge is 0.150 e. The van der Waals surface area contributed by atoms with Gasteiger partial charge in [0.1, 0.15) is 11.6 Å².